The van der Waals surface area contributed by atoms with E-state index in [-0.39, 0.29) is 18.4 Å². The molecule has 1 aromatic heterocycles. The first kappa shape index (κ1) is 29.3. The van der Waals surface area contributed by atoms with Crippen LogP contribution < -0.4 is 10.2 Å². The van der Waals surface area contributed by atoms with Gasteiger partial charge in [0.15, 0.2) is 0 Å². The zero-order valence-corrected chi connectivity index (χ0v) is 24.9. The van der Waals surface area contributed by atoms with Crippen LogP contribution in [0.4, 0.5) is 5.69 Å². The van der Waals surface area contributed by atoms with E-state index in [0.717, 1.165) is 46.5 Å². The number of para-hydroxylation sites is 1. The molecule has 2 heterocycles. The van der Waals surface area contributed by atoms with E-state index in [2.05, 4.69) is 45.7 Å². The van der Waals surface area contributed by atoms with Crippen LogP contribution in [-0.4, -0.2) is 70.1 Å². The monoisotopic (exact) mass is 568 g/mol. The van der Waals surface area contributed by atoms with Crippen molar-refractivity contribution in [3.8, 4) is 0 Å². The molecule has 1 saturated heterocycles. The SMILES string of the molecule is Cc1cccc(CCN(C(=O)Cn2nnc3ccccc32)[C@H](C(=O)NC(C)(C)C)c2ccc(N3CCOCC3)cc2)c1. The fourth-order valence-corrected chi connectivity index (χ4v) is 5.37. The highest BCUT2D eigenvalue weighted by molar-refractivity contribution is 5.89. The van der Waals surface area contributed by atoms with Crippen LogP contribution in [-0.2, 0) is 27.3 Å². The minimum Gasteiger partial charge on any atom is -0.378 e. The predicted octanol–water partition coefficient (Wildman–Crippen LogP) is 4.30. The van der Waals surface area contributed by atoms with Gasteiger partial charge in [0.05, 0.1) is 18.7 Å². The highest BCUT2D eigenvalue weighted by atomic mass is 16.5. The lowest BCUT2D eigenvalue weighted by Gasteiger charge is -2.34. The van der Waals surface area contributed by atoms with E-state index in [9.17, 15) is 9.59 Å². The molecule has 2 amide bonds. The molecule has 0 spiro atoms. The molecular formula is C33H40N6O3. The van der Waals surface area contributed by atoms with Crippen molar-refractivity contribution in [2.24, 2.45) is 0 Å². The number of carbonyl (C=O) groups is 2. The maximum atomic E-state index is 14.2. The Bertz CT molecular complexity index is 1520. The second-order valence-corrected chi connectivity index (χ2v) is 11.9. The number of aromatic nitrogens is 3. The van der Waals surface area contributed by atoms with E-state index < -0.39 is 11.6 Å². The number of nitrogens with one attached hydrogen (secondary N) is 1. The Labute approximate surface area is 247 Å². The minimum absolute atomic E-state index is 0.0283. The number of ether oxygens (including phenoxy) is 1. The first-order chi connectivity index (χ1) is 20.2. The Kier molecular flexibility index (Phi) is 8.87. The largest absolute Gasteiger partial charge is 0.378 e. The first-order valence-corrected chi connectivity index (χ1v) is 14.6. The molecule has 220 valence electrons. The Morgan fingerprint density at radius 2 is 1.74 bits per heavy atom. The summed E-state index contributed by atoms with van der Waals surface area (Å²) in [5.74, 6) is -0.424. The second kappa shape index (κ2) is 12.7. The van der Waals surface area contributed by atoms with Crippen molar-refractivity contribution in [3.05, 3.63) is 89.5 Å². The average molecular weight is 569 g/mol. The third kappa shape index (κ3) is 7.15. The highest BCUT2D eigenvalue weighted by Crippen LogP contribution is 2.27. The predicted molar refractivity (Wildman–Crippen MR) is 164 cm³/mol. The number of nitrogens with zero attached hydrogens (tertiary/aromatic N) is 5. The normalized spacial score (nSPS) is 14.5. The molecule has 0 saturated carbocycles. The number of hydrogen-bond donors (Lipinski definition) is 1. The topological polar surface area (TPSA) is 92.6 Å². The van der Waals surface area contributed by atoms with E-state index in [1.165, 1.54) is 0 Å². The number of benzene rings is 3. The summed E-state index contributed by atoms with van der Waals surface area (Å²) >= 11 is 0. The number of fused-ring (bicyclic) bond motifs is 1. The van der Waals surface area contributed by atoms with Gasteiger partial charge in [0, 0.05) is 30.9 Å². The molecule has 0 bridgehead atoms. The molecular weight excluding hydrogens is 528 g/mol. The van der Waals surface area contributed by atoms with Gasteiger partial charge in [0.2, 0.25) is 11.8 Å². The van der Waals surface area contributed by atoms with Crippen molar-refractivity contribution in [2.75, 3.05) is 37.7 Å². The molecule has 1 fully saturated rings. The Balaban J connectivity index is 1.50. The van der Waals surface area contributed by atoms with Crippen molar-refractivity contribution < 1.29 is 14.3 Å². The summed E-state index contributed by atoms with van der Waals surface area (Å²) in [4.78, 5) is 32.2. The van der Waals surface area contributed by atoms with E-state index in [1.807, 2.05) is 75.4 Å². The number of hydrogen-bond acceptors (Lipinski definition) is 6. The molecule has 1 aliphatic rings. The lowest BCUT2D eigenvalue weighted by molar-refractivity contribution is -0.142. The van der Waals surface area contributed by atoms with Crippen LogP contribution in [0.3, 0.4) is 0 Å². The fraction of sp³-hybridized carbons (Fsp3) is 0.394. The van der Waals surface area contributed by atoms with Gasteiger partial charge in [-0.05, 0) is 69.5 Å². The van der Waals surface area contributed by atoms with Gasteiger partial charge < -0.3 is 19.9 Å². The highest BCUT2D eigenvalue weighted by Gasteiger charge is 2.33. The Hall–Kier alpha value is -4.24. The molecule has 0 radical (unpaired) electrons. The van der Waals surface area contributed by atoms with Gasteiger partial charge in [0.25, 0.3) is 0 Å². The zero-order chi connectivity index (χ0) is 29.7. The van der Waals surface area contributed by atoms with E-state index in [0.29, 0.717) is 26.2 Å². The van der Waals surface area contributed by atoms with Crippen LogP contribution in [0.15, 0.2) is 72.8 Å². The van der Waals surface area contributed by atoms with Gasteiger partial charge in [-0.15, -0.1) is 5.10 Å². The van der Waals surface area contributed by atoms with Crippen molar-refractivity contribution >= 4 is 28.5 Å². The quantitative estimate of drug-likeness (QED) is 0.324. The smallest absolute Gasteiger partial charge is 0.247 e. The summed E-state index contributed by atoms with van der Waals surface area (Å²) in [5, 5.41) is 11.6. The molecule has 5 rings (SSSR count). The van der Waals surface area contributed by atoms with Crippen LogP contribution in [0.1, 0.15) is 43.5 Å². The van der Waals surface area contributed by atoms with Gasteiger partial charge in [-0.1, -0.05) is 59.3 Å². The van der Waals surface area contributed by atoms with E-state index >= 15 is 0 Å². The number of amides is 2. The van der Waals surface area contributed by atoms with Gasteiger partial charge >= 0.3 is 0 Å². The number of carbonyl (C=O) groups excluding carboxylic acids is 2. The Morgan fingerprint density at radius 3 is 2.45 bits per heavy atom. The van der Waals surface area contributed by atoms with Gasteiger partial charge in [-0.3, -0.25) is 9.59 Å². The molecule has 9 nitrogen and oxygen atoms in total. The summed E-state index contributed by atoms with van der Waals surface area (Å²) in [6, 6.07) is 23.0. The third-order valence-electron chi connectivity index (χ3n) is 7.39. The Morgan fingerprint density at radius 1 is 1.00 bits per heavy atom. The molecule has 42 heavy (non-hydrogen) atoms. The lowest BCUT2D eigenvalue weighted by atomic mass is 10.00. The van der Waals surface area contributed by atoms with Gasteiger partial charge in [-0.2, -0.15) is 0 Å². The molecule has 1 atom stereocenters. The number of rotatable bonds is 9. The zero-order valence-electron chi connectivity index (χ0n) is 24.9. The third-order valence-corrected chi connectivity index (χ3v) is 7.39. The average Bonchev–Trinajstić information content (AvgIpc) is 3.37. The standard InChI is InChI=1S/C33H40N6O3/c1-24-8-7-9-25(22-24)16-17-38(30(40)23-39-29-11-6-5-10-28(29)35-36-39)31(32(41)34-33(2,3)4)26-12-14-27(15-13-26)37-18-20-42-21-19-37/h5-15,22,31H,16-21,23H2,1-4H3,(H,34,41)/t31-/m0/s1. The van der Waals surface area contributed by atoms with Crippen LogP contribution >= 0.6 is 0 Å². The van der Waals surface area contributed by atoms with E-state index in [1.54, 1.807) is 9.58 Å². The summed E-state index contributed by atoms with van der Waals surface area (Å²) in [6.07, 6.45) is 0.608. The molecule has 1 aliphatic heterocycles. The fourth-order valence-electron chi connectivity index (χ4n) is 5.37. The summed E-state index contributed by atoms with van der Waals surface area (Å²) in [6.45, 7) is 11.3. The summed E-state index contributed by atoms with van der Waals surface area (Å²) < 4.78 is 7.12. The van der Waals surface area contributed by atoms with Crippen LogP contribution in [0.25, 0.3) is 11.0 Å². The van der Waals surface area contributed by atoms with Crippen molar-refractivity contribution in [1.82, 2.24) is 25.2 Å². The molecule has 3 aromatic carbocycles. The van der Waals surface area contributed by atoms with E-state index in [4.69, 9.17) is 4.74 Å². The van der Waals surface area contributed by atoms with Crippen molar-refractivity contribution in [3.63, 3.8) is 0 Å². The molecule has 1 N–H and O–H groups in total. The second-order valence-electron chi connectivity index (χ2n) is 11.9. The van der Waals surface area contributed by atoms with Crippen LogP contribution in [0.2, 0.25) is 0 Å². The molecule has 0 unspecified atom stereocenters. The van der Waals surface area contributed by atoms with Gasteiger partial charge in [-0.25, -0.2) is 4.68 Å². The van der Waals surface area contributed by atoms with Crippen LogP contribution in [0, 0.1) is 6.92 Å². The van der Waals surface area contributed by atoms with Crippen LogP contribution in [0.5, 0.6) is 0 Å². The maximum Gasteiger partial charge on any atom is 0.247 e. The molecule has 9 heteroatoms. The lowest BCUT2D eigenvalue weighted by Crippen LogP contribution is -2.50. The number of aryl methyl sites for hydroxylation is 1. The number of morpholine rings is 1. The first-order valence-electron chi connectivity index (χ1n) is 14.6. The minimum atomic E-state index is -0.824. The summed E-state index contributed by atoms with van der Waals surface area (Å²) in [5.41, 5.74) is 5.11. The van der Waals surface area contributed by atoms with Crippen molar-refractivity contribution in [1.29, 1.82) is 0 Å². The molecule has 4 aromatic rings. The number of anilines is 1. The van der Waals surface area contributed by atoms with Gasteiger partial charge in [0.1, 0.15) is 18.1 Å². The maximum absolute atomic E-state index is 14.2. The molecule has 0 aliphatic carbocycles. The summed E-state index contributed by atoms with van der Waals surface area (Å²) in [7, 11) is 0. The van der Waals surface area contributed by atoms with Crippen molar-refractivity contribution in [2.45, 2.75) is 52.2 Å².